The summed E-state index contributed by atoms with van der Waals surface area (Å²) in [6.45, 7) is 8.34. The number of hydrogen-bond acceptors (Lipinski definition) is 8. The molecular weight excluding hydrogens is 484 g/mol. The Morgan fingerprint density at radius 3 is 2.50 bits per heavy atom. The molecule has 6 N–H and O–H groups in total. The molecule has 1 aliphatic heterocycles. The molecule has 1 aliphatic rings. The number of carbonyl (C=O) groups is 1. The summed E-state index contributed by atoms with van der Waals surface area (Å²) < 4.78 is 11.7. The zero-order chi connectivity index (χ0) is 27.5. The van der Waals surface area contributed by atoms with Crippen LogP contribution < -0.4 is 25.8 Å². The van der Waals surface area contributed by atoms with E-state index in [0.717, 1.165) is 23.2 Å². The number of aliphatic hydroxyl groups excluding tert-OH is 2. The molecule has 0 spiro atoms. The second-order valence-electron chi connectivity index (χ2n) is 10.8. The molecule has 1 aromatic heterocycles. The van der Waals surface area contributed by atoms with E-state index in [-0.39, 0.29) is 18.1 Å². The first-order valence-electron chi connectivity index (χ1n) is 12.6. The van der Waals surface area contributed by atoms with Crippen molar-refractivity contribution in [2.24, 2.45) is 5.73 Å². The van der Waals surface area contributed by atoms with Crippen molar-refractivity contribution in [3.63, 3.8) is 0 Å². The van der Waals surface area contributed by atoms with Gasteiger partial charge in [0.1, 0.15) is 30.4 Å². The number of nitrogens with two attached hydrogens (primary N) is 1. The molecule has 0 radical (unpaired) electrons. The maximum atomic E-state index is 12.3. The number of benzene rings is 2. The summed E-state index contributed by atoms with van der Waals surface area (Å²) in [6.07, 6.45) is 0.417. The van der Waals surface area contributed by atoms with Crippen LogP contribution in [0.3, 0.4) is 0 Å². The number of nitrogens with one attached hydrogen (secondary N) is 2. The smallest absolute Gasteiger partial charge is 0.234 e. The monoisotopic (exact) mass is 520 g/mol. The van der Waals surface area contributed by atoms with Gasteiger partial charge in [-0.05, 0) is 70.0 Å². The Kier molecular flexibility index (Phi) is 8.03. The van der Waals surface area contributed by atoms with E-state index >= 15 is 0 Å². The van der Waals surface area contributed by atoms with E-state index in [1.165, 1.54) is 6.20 Å². The molecule has 0 bridgehead atoms. The summed E-state index contributed by atoms with van der Waals surface area (Å²) in [5, 5.41) is 26.3. The van der Waals surface area contributed by atoms with Crippen molar-refractivity contribution in [2.75, 3.05) is 18.5 Å². The van der Waals surface area contributed by atoms with Gasteiger partial charge in [0, 0.05) is 41.2 Å². The Morgan fingerprint density at radius 1 is 1.11 bits per heavy atom. The number of fused-ring (bicyclic) bond motifs is 1. The van der Waals surface area contributed by atoms with Gasteiger partial charge >= 0.3 is 0 Å². The summed E-state index contributed by atoms with van der Waals surface area (Å²) in [6, 6.07) is 16.6. The minimum absolute atomic E-state index is 0.0642. The number of hydrogen-bond donors (Lipinski definition) is 5. The Labute approximate surface area is 223 Å². The number of β-amino-alcohol motifs (C(OH)–C–C–N with tert-alkyl or cyclic N) is 1. The highest BCUT2D eigenvalue weighted by Gasteiger charge is 2.41. The van der Waals surface area contributed by atoms with Gasteiger partial charge in [-0.25, -0.2) is 4.98 Å². The van der Waals surface area contributed by atoms with E-state index in [9.17, 15) is 15.0 Å². The van der Waals surface area contributed by atoms with E-state index in [1.807, 2.05) is 56.3 Å². The van der Waals surface area contributed by atoms with E-state index < -0.39 is 17.7 Å². The third-order valence-electron chi connectivity index (χ3n) is 6.61. The van der Waals surface area contributed by atoms with E-state index in [0.29, 0.717) is 29.5 Å². The highest BCUT2D eigenvalue weighted by atomic mass is 16.5. The Bertz CT molecular complexity index is 1260. The molecule has 0 aliphatic carbocycles. The number of carbonyl (C=O) groups excluding carboxylic acids is 1. The number of amides is 1. The molecule has 2 heterocycles. The van der Waals surface area contributed by atoms with Crippen LogP contribution in [0.15, 0.2) is 60.8 Å². The molecule has 3 aromatic rings. The van der Waals surface area contributed by atoms with Crippen LogP contribution in [0.2, 0.25) is 0 Å². The lowest BCUT2D eigenvalue weighted by Crippen LogP contribution is -2.46. The first kappa shape index (κ1) is 27.5. The number of aromatic nitrogens is 1. The Balaban J connectivity index is 1.26. The average molecular weight is 521 g/mol. The van der Waals surface area contributed by atoms with Crippen LogP contribution in [0.1, 0.15) is 50.6 Å². The van der Waals surface area contributed by atoms with Crippen molar-refractivity contribution >= 4 is 11.6 Å². The number of anilines is 1. The third-order valence-corrected chi connectivity index (χ3v) is 6.61. The molecule has 9 heteroatoms. The topological polar surface area (TPSA) is 139 Å². The molecule has 38 heavy (non-hydrogen) atoms. The molecule has 2 aromatic carbocycles. The van der Waals surface area contributed by atoms with Gasteiger partial charge in [-0.1, -0.05) is 18.2 Å². The molecule has 202 valence electrons. The molecule has 0 saturated carbocycles. The SMILES string of the molecule is CC(C)(Cc1ccc(Oc2ccc(C(N)O)cn2)cc1)NC[C@H](O)COc1cccc2c1C(C)(C)C(=O)N2. The summed E-state index contributed by atoms with van der Waals surface area (Å²) in [5.41, 5.74) is 7.65. The van der Waals surface area contributed by atoms with Crippen molar-refractivity contribution < 1.29 is 24.5 Å². The average Bonchev–Trinajstić information content (AvgIpc) is 3.11. The van der Waals surface area contributed by atoms with Gasteiger partial charge in [0.05, 0.1) is 5.41 Å². The lowest BCUT2D eigenvalue weighted by Gasteiger charge is -2.28. The maximum absolute atomic E-state index is 12.3. The van der Waals surface area contributed by atoms with Crippen molar-refractivity contribution in [3.8, 4) is 17.4 Å². The van der Waals surface area contributed by atoms with Crippen LogP contribution in [-0.2, 0) is 16.6 Å². The van der Waals surface area contributed by atoms with Gasteiger partial charge in [0.15, 0.2) is 0 Å². The van der Waals surface area contributed by atoms with E-state index in [4.69, 9.17) is 15.2 Å². The van der Waals surface area contributed by atoms with Crippen LogP contribution in [-0.4, -0.2) is 45.9 Å². The molecule has 2 atom stereocenters. The van der Waals surface area contributed by atoms with E-state index in [2.05, 4.69) is 29.5 Å². The van der Waals surface area contributed by atoms with Crippen LogP contribution in [0, 0.1) is 0 Å². The molecular formula is C29H36N4O5. The minimum Gasteiger partial charge on any atom is -0.490 e. The standard InChI is InChI=1S/C29H36N4O5/c1-28(2,14-18-8-11-21(12-9-18)38-24-13-10-19(15-31-24)26(30)35)32-16-20(34)17-37-23-7-5-6-22-25(23)29(3,4)27(36)33-22/h5-13,15,20,26,32,34-35H,14,16-17,30H2,1-4H3,(H,33,36)/t20-,26?/m0/s1. The van der Waals surface area contributed by atoms with Crippen LogP contribution in [0.4, 0.5) is 5.69 Å². The maximum Gasteiger partial charge on any atom is 0.234 e. The normalized spacial score (nSPS) is 15.9. The summed E-state index contributed by atoms with van der Waals surface area (Å²) >= 11 is 0. The predicted octanol–water partition coefficient (Wildman–Crippen LogP) is 3.40. The Morgan fingerprint density at radius 2 is 1.84 bits per heavy atom. The quantitative estimate of drug-likeness (QED) is 0.243. The lowest BCUT2D eigenvalue weighted by molar-refractivity contribution is -0.119. The van der Waals surface area contributed by atoms with Crippen molar-refractivity contribution in [3.05, 3.63) is 77.5 Å². The van der Waals surface area contributed by atoms with Gasteiger partial charge < -0.3 is 36.1 Å². The second-order valence-corrected chi connectivity index (χ2v) is 10.8. The van der Waals surface area contributed by atoms with Crippen LogP contribution >= 0.6 is 0 Å². The fraction of sp³-hybridized carbons (Fsp3) is 0.379. The zero-order valence-corrected chi connectivity index (χ0v) is 22.2. The highest BCUT2D eigenvalue weighted by molar-refractivity contribution is 6.06. The summed E-state index contributed by atoms with van der Waals surface area (Å²) in [4.78, 5) is 16.4. The van der Waals surface area contributed by atoms with Crippen LogP contribution in [0.25, 0.3) is 0 Å². The summed E-state index contributed by atoms with van der Waals surface area (Å²) in [7, 11) is 0. The fourth-order valence-corrected chi connectivity index (χ4v) is 4.43. The van der Waals surface area contributed by atoms with Crippen molar-refractivity contribution in [1.29, 1.82) is 0 Å². The second kappa shape index (κ2) is 11.1. The van der Waals surface area contributed by atoms with Gasteiger partial charge in [0.25, 0.3) is 0 Å². The fourth-order valence-electron chi connectivity index (χ4n) is 4.43. The van der Waals surface area contributed by atoms with E-state index in [1.54, 1.807) is 12.1 Å². The van der Waals surface area contributed by atoms with Crippen LogP contribution in [0.5, 0.6) is 17.4 Å². The van der Waals surface area contributed by atoms with Gasteiger partial charge in [0.2, 0.25) is 11.8 Å². The number of rotatable bonds is 11. The molecule has 1 amide bonds. The van der Waals surface area contributed by atoms with Gasteiger partial charge in [-0.2, -0.15) is 0 Å². The first-order valence-corrected chi connectivity index (χ1v) is 12.6. The molecule has 9 nitrogen and oxygen atoms in total. The molecule has 1 unspecified atom stereocenters. The predicted molar refractivity (Wildman–Crippen MR) is 145 cm³/mol. The minimum atomic E-state index is -1.07. The third kappa shape index (κ3) is 6.49. The molecule has 0 fully saturated rings. The molecule has 4 rings (SSSR count). The van der Waals surface area contributed by atoms with Gasteiger partial charge in [-0.15, -0.1) is 0 Å². The first-order chi connectivity index (χ1) is 17.9. The highest BCUT2D eigenvalue weighted by Crippen LogP contribution is 2.43. The van der Waals surface area contributed by atoms with Crippen molar-refractivity contribution in [1.82, 2.24) is 10.3 Å². The Hall–Kier alpha value is -3.50. The number of pyridine rings is 1. The lowest BCUT2D eigenvalue weighted by atomic mass is 9.85. The summed E-state index contributed by atoms with van der Waals surface area (Å²) in [5.74, 6) is 1.60. The number of ether oxygens (including phenoxy) is 2. The largest absolute Gasteiger partial charge is 0.490 e. The van der Waals surface area contributed by atoms with Gasteiger partial charge in [-0.3, -0.25) is 4.79 Å². The number of nitrogens with zero attached hydrogens (tertiary/aromatic N) is 1. The van der Waals surface area contributed by atoms with Crippen molar-refractivity contribution in [2.45, 2.75) is 57.4 Å². The zero-order valence-electron chi connectivity index (χ0n) is 22.2. The molecule has 0 saturated heterocycles. The number of aliphatic hydroxyl groups is 2.